The van der Waals surface area contributed by atoms with Crippen molar-refractivity contribution in [2.24, 2.45) is 0 Å². The van der Waals surface area contributed by atoms with Crippen LogP contribution in [0.3, 0.4) is 0 Å². The lowest BCUT2D eigenvalue weighted by Gasteiger charge is -2.34. The smallest absolute Gasteiger partial charge is 0.231 e. The van der Waals surface area contributed by atoms with Gasteiger partial charge in [0.25, 0.3) is 0 Å². The largest absolute Gasteiger partial charge is 0.494 e. The van der Waals surface area contributed by atoms with Gasteiger partial charge in [-0.25, -0.2) is 0 Å². The highest BCUT2D eigenvalue weighted by molar-refractivity contribution is 5.81. The summed E-state index contributed by atoms with van der Waals surface area (Å²) in [6, 6.07) is 11.9. The van der Waals surface area contributed by atoms with Gasteiger partial charge in [0, 0.05) is 61.4 Å². The van der Waals surface area contributed by atoms with Crippen LogP contribution < -0.4 is 19.6 Å². The molecule has 7 heteroatoms. The van der Waals surface area contributed by atoms with Gasteiger partial charge in [-0.15, -0.1) is 0 Å². The minimum atomic E-state index is 0.103. The Balaban J connectivity index is 1.24. The number of H-pyrrole nitrogens is 1. The van der Waals surface area contributed by atoms with Gasteiger partial charge in [0.15, 0.2) is 16.9 Å². The summed E-state index contributed by atoms with van der Waals surface area (Å²) in [6.45, 7) is 10.4. The number of hydrogen-bond acceptors (Lipinski definition) is 6. The molecule has 1 saturated heterocycles. The van der Waals surface area contributed by atoms with Crippen molar-refractivity contribution in [3.63, 3.8) is 0 Å². The highest BCUT2D eigenvalue weighted by Gasteiger charge is 2.21. The standard InChI is InChI=1S/C26H31N3O4/c1-3-12-31-20-5-6-23-21(14-20)26(30)22(18(2)27-23)16-29-10-8-28(9-11-29)15-19-4-7-24-25(13-19)33-17-32-24/h4-7,13-14H,3,8-12,15-17H2,1-2H3,(H,27,30). The first kappa shape index (κ1) is 21.8. The highest BCUT2D eigenvalue weighted by atomic mass is 16.7. The van der Waals surface area contributed by atoms with Gasteiger partial charge < -0.3 is 19.2 Å². The fourth-order valence-electron chi connectivity index (χ4n) is 4.56. The Kier molecular flexibility index (Phi) is 6.24. The zero-order valence-corrected chi connectivity index (χ0v) is 19.4. The number of pyridine rings is 1. The van der Waals surface area contributed by atoms with E-state index in [0.717, 1.165) is 73.2 Å². The molecule has 3 aromatic rings. The molecule has 0 atom stereocenters. The van der Waals surface area contributed by atoms with Gasteiger partial charge in [0.2, 0.25) is 6.79 Å². The summed E-state index contributed by atoms with van der Waals surface area (Å²) >= 11 is 0. The van der Waals surface area contributed by atoms with Gasteiger partial charge in [0.1, 0.15) is 5.75 Å². The Hall–Kier alpha value is -3.03. The molecule has 5 rings (SSSR count). The zero-order chi connectivity index (χ0) is 22.8. The lowest BCUT2D eigenvalue weighted by molar-refractivity contribution is 0.121. The predicted octanol–water partition coefficient (Wildman–Crippen LogP) is 3.67. The van der Waals surface area contributed by atoms with Crippen LogP contribution in [0.1, 0.15) is 30.2 Å². The van der Waals surface area contributed by atoms with Crippen molar-refractivity contribution >= 4 is 10.9 Å². The van der Waals surface area contributed by atoms with Gasteiger partial charge >= 0.3 is 0 Å². The quantitative estimate of drug-likeness (QED) is 0.594. The Bertz CT molecular complexity index is 1200. The van der Waals surface area contributed by atoms with Crippen molar-refractivity contribution in [3.05, 3.63) is 63.4 Å². The summed E-state index contributed by atoms with van der Waals surface area (Å²) < 4.78 is 16.6. The molecular weight excluding hydrogens is 418 g/mol. The SMILES string of the molecule is CCCOc1ccc2[nH]c(C)c(CN3CCN(Cc4ccc5c(c4)OCO5)CC3)c(=O)c2c1. The first-order valence-electron chi connectivity index (χ1n) is 11.7. The van der Waals surface area contributed by atoms with Gasteiger partial charge in [-0.3, -0.25) is 14.6 Å². The molecule has 1 fully saturated rings. The van der Waals surface area contributed by atoms with E-state index in [-0.39, 0.29) is 5.43 Å². The van der Waals surface area contributed by atoms with Crippen LogP contribution in [0.2, 0.25) is 0 Å². The maximum absolute atomic E-state index is 13.3. The Morgan fingerprint density at radius 3 is 2.52 bits per heavy atom. The first-order chi connectivity index (χ1) is 16.1. The molecule has 2 aliphatic rings. The number of aromatic nitrogens is 1. The fourth-order valence-corrected chi connectivity index (χ4v) is 4.56. The van der Waals surface area contributed by atoms with Gasteiger partial charge in [-0.1, -0.05) is 13.0 Å². The average Bonchev–Trinajstić information content (AvgIpc) is 3.30. The molecule has 0 amide bonds. The van der Waals surface area contributed by atoms with Crippen molar-refractivity contribution < 1.29 is 14.2 Å². The summed E-state index contributed by atoms with van der Waals surface area (Å²) in [6.07, 6.45) is 0.939. The number of rotatable bonds is 7. The normalized spacial score (nSPS) is 16.4. The van der Waals surface area contributed by atoms with Crippen LogP contribution in [0.25, 0.3) is 10.9 Å². The number of aromatic amines is 1. The van der Waals surface area contributed by atoms with Gasteiger partial charge in [-0.2, -0.15) is 0 Å². The number of nitrogens with one attached hydrogen (secondary N) is 1. The van der Waals surface area contributed by atoms with Gasteiger partial charge in [0.05, 0.1) is 6.61 Å². The van der Waals surface area contributed by atoms with Crippen molar-refractivity contribution in [1.82, 2.24) is 14.8 Å². The Labute approximate surface area is 193 Å². The van der Waals surface area contributed by atoms with E-state index in [9.17, 15) is 4.79 Å². The molecule has 2 aromatic carbocycles. The lowest BCUT2D eigenvalue weighted by atomic mass is 10.1. The molecule has 0 saturated carbocycles. The number of piperazine rings is 1. The highest BCUT2D eigenvalue weighted by Crippen LogP contribution is 2.33. The van der Waals surface area contributed by atoms with E-state index in [2.05, 4.69) is 33.8 Å². The topological polar surface area (TPSA) is 67.0 Å². The molecule has 0 radical (unpaired) electrons. The molecule has 2 aliphatic heterocycles. The van der Waals surface area contributed by atoms with Crippen LogP contribution in [-0.4, -0.2) is 54.4 Å². The third-order valence-electron chi connectivity index (χ3n) is 6.45. The molecule has 33 heavy (non-hydrogen) atoms. The molecular formula is C26H31N3O4. The maximum atomic E-state index is 13.3. The lowest BCUT2D eigenvalue weighted by Crippen LogP contribution is -2.46. The molecule has 7 nitrogen and oxygen atoms in total. The minimum Gasteiger partial charge on any atom is -0.494 e. The molecule has 1 aromatic heterocycles. The molecule has 0 aliphatic carbocycles. The van der Waals surface area contributed by atoms with Crippen LogP contribution >= 0.6 is 0 Å². The van der Waals surface area contributed by atoms with E-state index in [4.69, 9.17) is 14.2 Å². The number of ether oxygens (including phenoxy) is 3. The molecule has 174 valence electrons. The maximum Gasteiger partial charge on any atom is 0.231 e. The first-order valence-corrected chi connectivity index (χ1v) is 11.7. The zero-order valence-electron chi connectivity index (χ0n) is 19.4. The van der Waals surface area contributed by atoms with Crippen molar-refractivity contribution in [2.45, 2.75) is 33.4 Å². The summed E-state index contributed by atoms with van der Waals surface area (Å²) in [5.74, 6) is 2.41. The summed E-state index contributed by atoms with van der Waals surface area (Å²) in [7, 11) is 0. The van der Waals surface area contributed by atoms with Crippen molar-refractivity contribution in [3.8, 4) is 17.2 Å². The van der Waals surface area contributed by atoms with Crippen LogP contribution in [0, 0.1) is 6.92 Å². The van der Waals surface area contributed by atoms with E-state index < -0.39 is 0 Å². The van der Waals surface area contributed by atoms with Crippen LogP contribution in [-0.2, 0) is 13.1 Å². The number of hydrogen-bond donors (Lipinski definition) is 1. The number of nitrogens with zero attached hydrogens (tertiary/aromatic N) is 2. The van der Waals surface area contributed by atoms with Crippen molar-refractivity contribution in [2.75, 3.05) is 39.6 Å². The number of aryl methyl sites for hydroxylation is 1. The van der Waals surface area contributed by atoms with Crippen LogP contribution in [0.4, 0.5) is 0 Å². The van der Waals surface area contributed by atoms with E-state index in [0.29, 0.717) is 25.3 Å². The predicted molar refractivity (Wildman–Crippen MR) is 128 cm³/mol. The van der Waals surface area contributed by atoms with Crippen LogP contribution in [0.15, 0.2) is 41.2 Å². The average molecular weight is 450 g/mol. The van der Waals surface area contributed by atoms with E-state index in [1.165, 1.54) is 5.56 Å². The summed E-state index contributed by atoms with van der Waals surface area (Å²) in [5.41, 5.74) is 3.98. The minimum absolute atomic E-state index is 0.103. The Morgan fingerprint density at radius 2 is 1.73 bits per heavy atom. The summed E-state index contributed by atoms with van der Waals surface area (Å²) in [5, 5.41) is 0.700. The number of fused-ring (bicyclic) bond motifs is 2. The van der Waals surface area contributed by atoms with Crippen LogP contribution in [0.5, 0.6) is 17.2 Å². The molecule has 3 heterocycles. The third-order valence-corrected chi connectivity index (χ3v) is 6.45. The van der Waals surface area contributed by atoms with E-state index in [1.807, 2.05) is 31.2 Å². The molecule has 0 spiro atoms. The van der Waals surface area contributed by atoms with Crippen molar-refractivity contribution in [1.29, 1.82) is 0 Å². The second-order valence-electron chi connectivity index (χ2n) is 8.85. The number of benzene rings is 2. The molecule has 0 unspecified atom stereocenters. The molecule has 0 bridgehead atoms. The van der Waals surface area contributed by atoms with Gasteiger partial charge in [-0.05, 0) is 49.2 Å². The van der Waals surface area contributed by atoms with E-state index in [1.54, 1.807) is 0 Å². The Morgan fingerprint density at radius 1 is 0.970 bits per heavy atom. The molecule has 1 N–H and O–H groups in total. The monoisotopic (exact) mass is 449 g/mol. The second-order valence-corrected chi connectivity index (χ2v) is 8.85. The summed E-state index contributed by atoms with van der Waals surface area (Å²) in [4.78, 5) is 21.6. The fraction of sp³-hybridized carbons (Fsp3) is 0.423. The second kappa shape index (κ2) is 9.45. The van der Waals surface area contributed by atoms with E-state index >= 15 is 0 Å². The third kappa shape index (κ3) is 4.70.